The quantitative estimate of drug-likeness (QED) is 0.884. The molecule has 0 radical (unpaired) electrons. The maximum absolute atomic E-state index is 13.5. The fraction of sp³-hybridized carbons (Fsp3) is 0.294. The van der Waals surface area contributed by atoms with Gasteiger partial charge in [-0.3, -0.25) is 9.78 Å². The van der Waals surface area contributed by atoms with Crippen LogP contribution in [0, 0.1) is 5.82 Å². The summed E-state index contributed by atoms with van der Waals surface area (Å²) in [6.45, 7) is 3.84. The number of carboxylic acids is 1. The van der Waals surface area contributed by atoms with Gasteiger partial charge in [0.1, 0.15) is 11.6 Å². The zero-order valence-corrected chi connectivity index (χ0v) is 12.5. The largest absolute Gasteiger partial charge is 0.489 e. The van der Waals surface area contributed by atoms with Gasteiger partial charge < -0.3 is 9.84 Å². The Morgan fingerprint density at radius 2 is 2.09 bits per heavy atom. The third-order valence-electron chi connectivity index (χ3n) is 3.07. The second-order valence-corrected chi connectivity index (χ2v) is 5.27. The van der Waals surface area contributed by atoms with Crippen LogP contribution in [0.15, 0.2) is 36.7 Å². The topological polar surface area (TPSA) is 59.4 Å². The number of halogens is 1. The fourth-order valence-corrected chi connectivity index (χ4v) is 2.20. The van der Waals surface area contributed by atoms with E-state index in [1.807, 2.05) is 19.9 Å². The molecule has 0 aliphatic heterocycles. The van der Waals surface area contributed by atoms with Gasteiger partial charge in [0, 0.05) is 18.2 Å². The summed E-state index contributed by atoms with van der Waals surface area (Å²) in [6, 6.07) is 6.19. The van der Waals surface area contributed by atoms with Crippen molar-refractivity contribution in [2.75, 3.05) is 0 Å². The van der Waals surface area contributed by atoms with Crippen LogP contribution >= 0.6 is 0 Å². The van der Waals surface area contributed by atoms with Crippen molar-refractivity contribution >= 4 is 5.97 Å². The summed E-state index contributed by atoms with van der Waals surface area (Å²) in [4.78, 5) is 14.9. The second-order valence-electron chi connectivity index (χ2n) is 5.27. The summed E-state index contributed by atoms with van der Waals surface area (Å²) in [5, 5.41) is 8.82. The van der Waals surface area contributed by atoms with E-state index in [-0.39, 0.29) is 24.8 Å². The number of aromatic nitrogens is 1. The molecule has 2 aromatic rings. The number of benzene rings is 1. The van der Waals surface area contributed by atoms with Gasteiger partial charge >= 0.3 is 5.97 Å². The maximum atomic E-state index is 13.5. The van der Waals surface area contributed by atoms with Crippen molar-refractivity contribution in [3.05, 3.63) is 48.0 Å². The Hall–Kier alpha value is -2.43. The fourth-order valence-electron chi connectivity index (χ4n) is 2.20. The lowest BCUT2D eigenvalue weighted by atomic mass is 9.97. The van der Waals surface area contributed by atoms with E-state index in [4.69, 9.17) is 9.84 Å². The molecule has 0 unspecified atom stereocenters. The second kappa shape index (κ2) is 7.02. The van der Waals surface area contributed by atoms with Crippen molar-refractivity contribution in [1.29, 1.82) is 0 Å². The standard InChI is InChI=1S/C17H18FNO3/c1-11(2)22-15-8-13(9-19-10-15)16-5-4-14(18)7-12(16)3-6-17(20)21/h4-5,7-11H,3,6H2,1-2H3,(H,20,21). The van der Waals surface area contributed by atoms with Gasteiger partial charge in [-0.15, -0.1) is 0 Å². The Morgan fingerprint density at radius 3 is 2.77 bits per heavy atom. The van der Waals surface area contributed by atoms with Crippen LogP contribution in [0.5, 0.6) is 5.75 Å². The molecule has 5 heteroatoms. The predicted molar refractivity (Wildman–Crippen MR) is 81.4 cm³/mol. The van der Waals surface area contributed by atoms with E-state index in [0.29, 0.717) is 11.3 Å². The van der Waals surface area contributed by atoms with E-state index in [0.717, 1.165) is 11.1 Å². The van der Waals surface area contributed by atoms with Gasteiger partial charge in [0.2, 0.25) is 0 Å². The van der Waals surface area contributed by atoms with Crippen LogP contribution in [0.25, 0.3) is 11.1 Å². The molecule has 0 aliphatic rings. The van der Waals surface area contributed by atoms with Crippen LogP contribution in [0.4, 0.5) is 4.39 Å². The van der Waals surface area contributed by atoms with Crippen LogP contribution in [-0.2, 0) is 11.2 Å². The smallest absolute Gasteiger partial charge is 0.303 e. The van der Waals surface area contributed by atoms with Gasteiger partial charge in [-0.1, -0.05) is 6.07 Å². The number of nitrogens with zero attached hydrogens (tertiary/aromatic N) is 1. The molecule has 1 aromatic heterocycles. The van der Waals surface area contributed by atoms with Crippen molar-refractivity contribution in [3.8, 4) is 16.9 Å². The van der Waals surface area contributed by atoms with Crippen molar-refractivity contribution in [2.24, 2.45) is 0 Å². The molecule has 0 saturated heterocycles. The molecular weight excluding hydrogens is 285 g/mol. The van der Waals surface area contributed by atoms with Crippen LogP contribution in [0.1, 0.15) is 25.8 Å². The number of hydrogen-bond acceptors (Lipinski definition) is 3. The minimum atomic E-state index is -0.912. The van der Waals surface area contributed by atoms with Gasteiger partial charge in [-0.2, -0.15) is 0 Å². The summed E-state index contributed by atoms with van der Waals surface area (Å²) in [5.74, 6) is -0.669. The molecular formula is C17H18FNO3. The van der Waals surface area contributed by atoms with Crippen LogP contribution in [-0.4, -0.2) is 22.2 Å². The van der Waals surface area contributed by atoms with Gasteiger partial charge in [0.25, 0.3) is 0 Å². The first-order valence-electron chi connectivity index (χ1n) is 7.08. The molecule has 4 nitrogen and oxygen atoms in total. The molecule has 2 rings (SSSR count). The highest BCUT2D eigenvalue weighted by molar-refractivity contribution is 5.70. The maximum Gasteiger partial charge on any atom is 0.303 e. The molecule has 1 heterocycles. The van der Waals surface area contributed by atoms with Crippen molar-refractivity contribution in [2.45, 2.75) is 32.8 Å². The third kappa shape index (κ3) is 4.28. The number of aliphatic carboxylic acids is 1. The summed E-state index contributed by atoms with van der Waals surface area (Å²) in [5.41, 5.74) is 2.19. The van der Waals surface area contributed by atoms with E-state index >= 15 is 0 Å². The lowest BCUT2D eigenvalue weighted by Crippen LogP contribution is -2.06. The lowest BCUT2D eigenvalue weighted by molar-refractivity contribution is -0.136. The van der Waals surface area contributed by atoms with E-state index < -0.39 is 5.97 Å². The molecule has 0 atom stereocenters. The summed E-state index contributed by atoms with van der Waals surface area (Å²) in [6.07, 6.45) is 3.51. The van der Waals surface area contributed by atoms with Gasteiger partial charge in [-0.25, -0.2) is 4.39 Å². The molecule has 22 heavy (non-hydrogen) atoms. The van der Waals surface area contributed by atoms with Gasteiger partial charge in [-0.05, 0) is 49.6 Å². The van der Waals surface area contributed by atoms with Crippen LogP contribution < -0.4 is 4.74 Å². The van der Waals surface area contributed by atoms with Crippen LogP contribution in [0.3, 0.4) is 0 Å². The van der Waals surface area contributed by atoms with Crippen LogP contribution in [0.2, 0.25) is 0 Å². The summed E-state index contributed by atoms with van der Waals surface area (Å²) >= 11 is 0. The first-order chi connectivity index (χ1) is 10.5. The molecule has 116 valence electrons. The summed E-state index contributed by atoms with van der Waals surface area (Å²) in [7, 11) is 0. The Balaban J connectivity index is 2.36. The molecule has 0 aliphatic carbocycles. The molecule has 0 spiro atoms. The number of aryl methyl sites for hydroxylation is 1. The Morgan fingerprint density at radius 1 is 1.32 bits per heavy atom. The highest BCUT2D eigenvalue weighted by Gasteiger charge is 2.10. The number of carboxylic acid groups (broad SMARTS) is 1. The monoisotopic (exact) mass is 303 g/mol. The average Bonchev–Trinajstić information content (AvgIpc) is 2.44. The lowest BCUT2D eigenvalue weighted by Gasteiger charge is -2.12. The average molecular weight is 303 g/mol. The number of rotatable bonds is 6. The van der Waals surface area contributed by atoms with Crippen molar-refractivity contribution in [1.82, 2.24) is 4.98 Å². The molecule has 1 N–H and O–H groups in total. The number of pyridine rings is 1. The first kappa shape index (κ1) is 15.9. The number of carbonyl (C=O) groups is 1. The van der Waals surface area contributed by atoms with Gasteiger partial charge in [0.05, 0.1) is 12.3 Å². The Bertz CT molecular complexity index is 671. The van der Waals surface area contributed by atoms with E-state index in [1.54, 1.807) is 18.5 Å². The van der Waals surface area contributed by atoms with E-state index in [9.17, 15) is 9.18 Å². The minimum absolute atomic E-state index is 0.0248. The van der Waals surface area contributed by atoms with Gasteiger partial charge in [0.15, 0.2) is 0 Å². The predicted octanol–water partition coefficient (Wildman–Crippen LogP) is 3.69. The van der Waals surface area contributed by atoms with E-state index in [1.165, 1.54) is 12.1 Å². The molecule has 0 saturated carbocycles. The normalized spacial score (nSPS) is 10.7. The zero-order valence-electron chi connectivity index (χ0n) is 12.5. The molecule has 0 fully saturated rings. The number of hydrogen-bond donors (Lipinski definition) is 1. The highest BCUT2D eigenvalue weighted by Crippen LogP contribution is 2.28. The summed E-state index contributed by atoms with van der Waals surface area (Å²) < 4.78 is 19.1. The molecule has 0 bridgehead atoms. The highest BCUT2D eigenvalue weighted by atomic mass is 19.1. The van der Waals surface area contributed by atoms with Crippen molar-refractivity contribution in [3.63, 3.8) is 0 Å². The SMILES string of the molecule is CC(C)Oc1cncc(-c2ccc(F)cc2CCC(=O)O)c1. The molecule has 0 amide bonds. The Labute approximate surface area is 128 Å². The Kier molecular flexibility index (Phi) is 5.09. The van der Waals surface area contributed by atoms with Crippen molar-refractivity contribution < 1.29 is 19.0 Å². The first-order valence-corrected chi connectivity index (χ1v) is 7.08. The number of ether oxygens (including phenoxy) is 1. The minimum Gasteiger partial charge on any atom is -0.489 e. The third-order valence-corrected chi connectivity index (χ3v) is 3.07. The van der Waals surface area contributed by atoms with E-state index in [2.05, 4.69) is 4.98 Å². The zero-order chi connectivity index (χ0) is 16.1. The molecule has 1 aromatic carbocycles.